The third-order valence-electron chi connectivity index (χ3n) is 4.67. The van der Waals surface area contributed by atoms with Crippen LogP contribution in [-0.4, -0.2) is 36.4 Å². The van der Waals surface area contributed by atoms with E-state index < -0.39 is 0 Å². The van der Waals surface area contributed by atoms with Gasteiger partial charge in [-0.2, -0.15) is 0 Å². The first kappa shape index (κ1) is 17.3. The van der Waals surface area contributed by atoms with Crippen molar-refractivity contribution in [2.45, 2.75) is 34.1 Å². The average molecular weight is 318 g/mol. The van der Waals surface area contributed by atoms with Gasteiger partial charge in [0, 0.05) is 13.1 Å². The predicted molar refractivity (Wildman–Crippen MR) is 89.2 cm³/mol. The van der Waals surface area contributed by atoms with Crippen LogP contribution in [0, 0.1) is 32.6 Å². The molecule has 0 radical (unpaired) electrons. The molecule has 0 saturated carbocycles. The molecule has 0 unspecified atom stereocenters. The minimum absolute atomic E-state index is 0.0163. The molecule has 1 aliphatic rings. The van der Waals surface area contributed by atoms with Crippen molar-refractivity contribution in [2.75, 3.05) is 19.7 Å². The van der Waals surface area contributed by atoms with Crippen LogP contribution in [0.5, 0.6) is 5.75 Å². The number of primary amides is 1. The molecule has 5 heteroatoms. The largest absolute Gasteiger partial charge is 0.493 e. The van der Waals surface area contributed by atoms with Crippen molar-refractivity contribution in [3.8, 4) is 5.75 Å². The predicted octanol–water partition coefficient (Wildman–Crippen LogP) is 1.96. The number of aryl methyl sites for hydroxylation is 2. The van der Waals surface area contributed by atoms with Crippen LogP contribution in [0.15, 0.2) is 12.1 Å². The summed E-state index contributed by atoms with van der Waals surface area (Å²) in [5.74, 6) is 0.415. The number of rotatable bonds is 5. The third kappa shape index (κ3) is 4.03. The van der Waals surface area contributed by atoms with Gasteiger partial charge in [0.25, 0.3) is 0 Å². The van der Waals surface area contributed by atoms with E-state index in [9.17, 15) is 9.59 Å². The number of nitrogens with zero attached hydrogens (tertiary/aromatic N) is 1. The molecular formula is C18H26N2O3. The second kappa shape index (κ2) is 7.02. The van der Waals surface area contributed by atoms with Crippen LogP contribution >= 0.6 is 0 Å². The first-order valence-corrected chi connectivity index (χ1v) is 8.07. The van der Waals surface area contributed by atoms with E-state index in [2.05, 4.69) is 13.0 Å². The molecule has 0 aliphatic carbocycles. The Morgan fingerprint density at radius 1 is 1.26 bits per heavy atom. The Morgan fingerprint density at radius 3 is 2.57 bits per heavy atom. The van der Waals surface area contributed by atoms with Gasteiger partial charge in [0.2, 0.25) is 11.8 Å². The molecule has 1 saturated heterocycles. The second-order valence-corrected chi connectivity index (χ2v) is 6.59. The monoisotopic (exact) mass is 318 g/mol. The van der Waals surface area contributed by atoms with E-state index >= 15 is 0 Å². The lowest BCUT2D eigenvalue weighted by Gasteiger charge is -2.17. The molecule has 2 N–H and O–H groups in total. The molecule has 1 fully saturated rings. The molecule has 126 valence electrons. The highest BCUT2D eigenvalue weighted by Gasteiger charge is 2.35. The minimum Gasteiger partial charge on any atom is -0.493 e. The van der Waals surface area contributed by atoms with E-state index in [1.54, 1.807) is 4.90 Å². The van der Waals surface area contributed by atoms with Crippen molar-refractivity contribution in [3.63, 3.8) is 0 Å². The highest BCUT2D eigenvalue weighted by molar-refractivity contribution is 5.81. The van der Waals surface area contributed by atoms with Crippen LogP contribution in [0.4, 0.5) is 0 Å². The van der Waals surface area contributed by atoms with Gasteiger partial charge in [-0.3, -0.25) is 9.59 Å². The zero-order valence-corrected chi connectivity index (χ0v) is 14.4. The van der Waals surface area contributed by atoms with E-state index in [1.165, 1.54) is 5.56 Å². The Kier molecular flexibility index (Phi) is 5.29. The van der Waals surface area contributed by atoms with Crippen LogP contribution in [0.2, 0.25) is 0 Å². The highest BCUT2D eigenvalue weighted by atomic mass is 16.5. The SMILES string of the molecule is Cc1cc(C)c(C)c(OCCC(=O)N2C[C@@H](C)[C@H](C(N)=O)C2)c1. The topological polar surface area (TPSA) is 72.6 Å². The maximum Gasteiger partial charge on any atom is 0.226 e. The fourth-order valence-corrected chi connectivity index (χ4v) is 3.10. The number of likely N-dealkylation sites (tertiary alicyclic amines) is 1. The molecule has 23 heavy (non-hydrogen) atoms. The summed E-state index contributed by atoms with van der Waals surface area (Å²) in [4.78, 5) is 25.3. The van der Waals surface area contributed by atoms with Crippen LogP contribution < -0.4 is 10.5 Å². The van der Waals surface area contributed by atoms with E-state index in [0.29, 0.717) is 26.1 Å². The van der Waals surface area contributed by atoms with Gasteiger partial charge in [0.1, 0.15) is 5.75 Å². The van der Waals surface area contributed by atoms with Crippen LogP contribution in [0.3, 0.4) is 0 Å². The number of nitrogens with two attached hydrogens (primary N) is 1. The zero-order valence-electron chi connectivity index (χ0n) is 14.4. The Labute approximate surface area is 137 Å². The maximum absolute atomic E-state index is 12.3. The standard InChI is InChI=1S/C18H26N2O3/c1-11-7-12(2)14(4)16(8-11)23-6-5-17(21)20-9-13(3)15(10-20)18(19)22/h7-8,13,15H,5-6,9-10H2,1-4H3,(H2,19,22)/t13-,15-/m1/s1. The van der Waals surface area contributed by atoms with Crippen molar-refractivity contribution < 1.29 is 14.3 Å². The Hall–Kier alpha value is -2.04. The van der Waals surface area contributed by atoms with Crippen molar-refractivity contribution >= 4 is 11.8 Å². The summed E-state index contributed by atoms with van der Waals surface area (Å²) in [6, 6.07) is 4.11. The van der Waals surface area contributed by atoms with Gasteiger partial charge in [0.05, 0.1) is 18.9 Å². The molecule has 1 aromatic carbocycles. The summed E-state index contributed by atoms with van der Waals surface area (Å²) in [5.41, 5.74) is 8.80. The van der Waals surface area contributed by atoms with Gasteiger partial charge in [0.15, 0.2) is 0 Å². The normalized spacial score (nSPS) is 20.6. The van der Waals surface area contributed by atoms with E-state index in [0.717, 1.165) is 16.9 Å². The van der Waals surface area contributed by atoms with E-state index in [4.69, 9.17) is 10.5 Å². The van der Waals surface area contributed by atoms with Gasteiger partial charge in [-0.1, -0.05) is 13.0 Å². The number of carbonyl (C=O) groups excluding carboxylic acids is 2. The summed E-state index contributed by atoms with van der Waals surface area (Å²) in [6.07, 6.45) is 0.310. The summed E-state index contributed by atoms with van der Waals surface area (Å²) in [5, 5.41) is 0. The smallest absolute Gasteiger partial charge is 0.226 e. The van der Waals surface area contributed by atoms with Gasteiger partial charge in [-0.05, 0) is 49.4 Å². The molecule has 0 bridgehead atoms. The lowest BCUT2D eigenvalue weighted by atomic mass is 9.98. The van der Waals surface area contributed by atoms with Crippen molar-refractivity contribution in [2.24, 2.45) is 17.6 Å². The zero-order chi connectivity index (χ0) is 17.1. The Morgan fingerprint density at radius 2 is 1.96 bits per heavy atom. The Bertz CT molecular complexity index is 613. The fourth-order valence-electron chi connectivity index (χ4n) is 3.10. The first-order chi connectivity index (χ1) is 10.8. The molecule has 2 atom stereocenters. The molecular weight excluding hydrogens is 292 g/mol. The molecule has 0 aromatic heterocycles. The number of benzene rings is 1. The number of ether oxygens (including phenoxy) is 1. The number of carbonyl (C=O) groups is 2. The first-order valence-electron chi connectivity index (χ1n) is 8.07. The summed E-state index contributed by atoms with van der Waals surface area (Å²) < 4.78 is 5.79. The molecule has 1 heterocycles. The van der Waals surface area contributed by atoms with Crippen LogP contribution in [-0.2, 0) is 9.59 Å². The van der Waals surface area contributed by atoms with Crippen molar-refractivity contribution in [3.05, 3.63) is 28.8 Å². The van der Waals surface area contributed by atoms with E-state index in [-0.39, 0.29) is 23.7 Å². The van der Waals surface area contributed by atoms with Gasteiger partial charge < -0.3 is 15.4 Å². The van der Waals surface area contributed by atoms with Gasteiger partial charge >= 0.3 is 0 Å². The molecule has 1 aliphatic heterocycles. The number of hydrogen-bond donors (Lipinski definition) is 1. The summed E-state index contributed by atoms with van der Waals surface area (Å²) >= 11 is 0. The Balaban J connectivity index is 1.88. The highest BCUT2D eigenvalue weighted by Crippen LogP contribution is 2.25. The van der Waals surface area contributed by atoms with Gasteiger partial charge in [-0.15, -0.1) is 0 Å². The quantitative estimate of drug-likeness (QED) is 0.902. The van der Waals surface area contributed by atoms with Crippen LogP contribution in [0.25, 0.3) is 0 Å². The number of hydrogen-bond acceptors (Lipinski definition) is 3. The average Bonchev–Trinajstić information content (AvgIpc) is 2.86. The maximum atomic E-state index is 12.3. The lowest BCUT2D eigenvalue weighted by molar-refractivity contribution is -0.131. The van der Waals surface area contributed by atoms with Crippen molar-refractivity contribution in [1.29, 1.82) is 0 Å². The molecule has 1 aromatic rings. The molecule has 2 rings (SSSR count). The molecule has 2 amide bonds. The summed E-state index contributed by atoms with van der Waals surface area (Å²) in [7, 11) is 0. The third-order valence-corrected chi connectivity index (χ3v) is 4.67. The van der Waals surface area contributed by atoms with Gasteiger partial charge in [-0.25, -0.2) is 0 Å². The second-order valence-electron chi connectivity index (χ2n) is 6.59. The number of amides is 2. The van der Waals surface area contributed by atoms with Crippen LogP contribution in [0.1, 0.15) is 30.0 Å². The molecule has 0 spiro atoms. The lowest BCUT2D eigenvalue weighted by Crippen LogP contribution is -2.32. The molecule has 5 nitrogen and oxygen atoms in total. The fraction of sp³-hybridized carbons (Fsp3) is 0.556. The summed E-state index contributed by atoms with van der Waals surface area (Å²) in [6.45, 7) is 9.42. The minimum atomic E-state index is -0.324. The van der Waals surface area contributed by atoms with Crippen molar-refractivity contribution in [1.82, 2.24) is 4.90 Å². The van der Waals surface area contributed by atoms with E-state index in [1.807, 2.05) is 26.8 Å².